The van der Waals surface area contributed by atoms with Crippen LogP contribution in [0.3, 0.4) is 0 Å². The number of thioether (sulfide) groups is 1. The van der Waals surface area contributed by atoms with Crippen molar-refractivity contribution in [3.8, 4) is 0 Å². The van der Waals surface area contributed by atoms with Gasteiger partial charge in [-0.1, -0.05) is 0 Å². The van der Waals surface area contributed by atoms with Crippen LogP contribution in [-0.4, -0.2) is 40.6 Å². The molecule has 2 heterocycles. The van der Waals surface area contributed by atoms with E-state index >= 15 is 0 Å². The van der Waals surface area contributed by atoms with Crippen molar-refractivity contribution in [1.82, 2.24) is 4.90 Å². The van der Waals surface area contributed by atoms with E-state index in [0.717, 1.165) is 31.7 Å². The van der Waals surface area contributed by atoms with Crippen molar-refractivity contribution < 1.29 is 9.90 Å². The van der Waals surface area contributed by atoms with Crippen molar-refractivity contribution in [3.05, 3.63) is 21.9 Å². The number of carbonyl (C=O) groups excluding carboxylic acids is 1. The Hall–Kier alpha value is -0.520. The van der Waals surface area contributed by atoms with Gasteiger partial charge in [-0.15, -0.1) is 11.3 Å². The third kappa shape index (κ3) is 3.47. The van der Waals surface area contributed by atoms with E-state index in [1.165, 1.54) is 10.4 Å². The van der Waals surface area contributed by atoms with Crippen molar-refractivity contribution >= 4 is 29.0 Å². The monoisotopic (exact) mass is 271 g/mol. The molecule has 0 aromatic carbocycles. The van der Waals surface area contributed by atoms with Gasteiger partial charge in [0.05, 0.1) is 5.75 Å². The fraction of sp³-hybridized carbons (Fsp3) is 0.583. The Bertz CT molecular complexity index is 378. The second kappa shape index (κ2) is 6.42. The molecular formula is C12H17NO2S2. The van der Waals surface area contributed by atoms with Crippen LogP contribution in [0.15, 0.2) is 11.4 Å². The molecule has 0 bridgehead atoms. The predicted molar refractivity (Wildman–Crippen MR) is 72.5 cm³/mol. The van der Waals surface area contributed by atoms with Gasteiger partial charge in [-0.25, -0.2) is 0 Å². The molecule has 3 nitrogen and oxygen atoms in total. The Morgan fingerprint density at radius 1 is 1.59 bits per heavy atom. The molecule has 94 valence electrons. The molecule has 1 aromatic rings. The van der Waals surface area contributed by atoms with Gasteiger partial charge in [0.25, 0.3) is 0 Å². The molecule has 0 atom stereocenters. The number of aliphatic hydroxyl groups excluding tert-OH is 1. The number of nitrogens with zero attached hydrogens (tertiary/aromatic N) is 1. The molecular weight excluding hydrogens is 254 g/mol. The van der Waals surface area contributed by atoms with Crippen LogP contribution in [0, 0.1) is 0 Å². The summed E-state index contributed by atoms with van der Waals surface area (Å²) >= 11 is 3.41. The Morgan fingerprint density at radius 2 is 2.47 bits per heavy atom. The SMILES string of the molecule is O=C(CSCCCO)N1CCc2sccc2C1. The van der Waals surface area contributed by atoms with Crippen LogP contribution in [0.1, 0.15) is 16.9 Å². The maximum Gasteiger partial charge on any atom is 0.232 e. The summed E-state index contributed by atoms with van der Waals surface area (Å²) in [6, 6.07) is 2.12. The minimum atomic E-state index is 0.211. The van der Waals surface area contributed by atoms with Gasteiger partial charge in [0.1, 0.15) is 0 Å². The second-order valence-corrected chi connectivity index (χ2v) is 6.17. The van der Waals surface area contributed by atoms with Crippen molar-refractivity contribution in [1.29, 1.82) is 0 Å². The standard InChI is InChI=1S/C12H17NO2S2/c14-5-1-6-16-9-12(15)13-4-2-11-10(8-13)3-7-17-11/h3,7,14H,1-2,4-6,8-9H2. The molecule has 1 aliphatic heterocycles. The van der Waals surface area contributed by atoms with Crippen LogP contribution >= 0.6 is 23.1 Å². The third-order valence-corrected chi connectivity index (χ3v) is 4.88. The second-order valence-electron chi connectivity index (χ2n) is 4.06. The highest BCUT2D eigenvalue weighted by Gasteiger charge is 2.20. The predicted octanol–water partition coefficient (Wildman–Crippen LogP) is 1.75. The lowest BCUT2D eigenvalue weighted by atomic mass is 10.1. The van der Waals surface area contributed by atoms with Crippen LogP contribution in [0.5, 0.6) is 0 Å². The molecule has 1 aromatic heterocycles. The van der Waals surface area contributed by atoms with Gasteiger partial charge in [-0.05, 0) is 35.6 Å². The average molecular weight is 271 g/mol. The first-order chi connectivity index (χ1) is 8.31. The van der Waals surface area contributed by atoms with Gasteiger partial charge >= 0.3 is 0 Å². The average Bonchev–Trinajstić information content (AvgIpc) is 2.81. The summed E-state index contributed by atoms with van der Waals surface area (Å²) in [5, 5.41) is 10.8. The summed E-state index contributed by atoms with van der Waals surface area (Å²) in [5.41, 5.74) is 1.31. The molecule has 0 saturated carbocycles. The summed E-state index contributed by atoms with van der Waals surface area (Å²) in [7, 11) is 0. The lowest BCUT2D eigenvalue weighted by Gasteiger charge is -2.26. The molecule has 17 heavy (non-hydrogen) atoms. The molecule has 0 aliphatic carbocycles. The minimum absolute atomic E-state index is 0.211. The molecule has 1 amide bonds. The van der Waals surface area contributed by atoms with Gasteiger partial charge in [0.2, 0.25) is 5.91 Å². The summed E-state index contributed by atoms with van der Waals surface area (Å²) < 4.78 is 0. The zero-order valence-electron chi connectivity index (χ0n) is 9.72. The first kappa shape index (κ1) is 12.9. The maximum absolute atomic E-state index is 11.9. The van der Waals surface area contributed by atoms with Crippen LogP contribution in [0.2, 0.25) is 0 Å². The highest BCUT2D eigenvalue weighted by molar-refractivity contribution is 7.99. The molecule has 2 rings (SSSR count). The third-order valence-electron chi connectivity index (χ3n) is 2.83. The topological polar surface area (TPSA) is 40.5 Å². The Morgan fingerprint density at radius 3 is 3.29 bits per heavy atom. The van der Waals surface area contributed by atoms with Gasteiger partial charge in [-0.2, -0.15) is 11.8 Å². The van der Waals surface area contributed by atoms with Crippen molar-refractivity contribution in [2.24, 2.45) is 0 Å². The number of rotatable bonds is 5. The molecule has 0 saturated heterocycles. The van der Waals surface area contributed by atoms with E-state index in [2.05, 4.69) is 11.4 Å². The number of amides is 1. The van der Waals surface area contributed by atoms with E-state index in [1.54, 1.807) is 23.1 Å². The van der Waals surface area contributed by atoms with E-state index in [9.17, 15) is 4.79 Å². The van der Waals surface area contributed by atoms with Gasteiger partial charge in [-0.3, -0.25) is 4.79 Å². The first-order valence-electron chi connectivity index (χ1n) is 5.83. The van der Waals surface area contributed by atoms with Gasteiger partial charge in [0, 0.05) is 24.6 Å². The molecule has 1 N–H and O–H groups in total. The molecule has 0 radical (unpaired) electrons. The normalized spacial score (nSPS) is 14.8. The Labute approximate surface area is 110 Å². The number of aliphatic hydroxyl groups is 1. The molecule has 5 heteroatoms. The Balaban J connectivity index is 1.78. The number of thiophene rings is 1. The van der Waals surface area contributed by atoms with Crippen LogP contribution < -0.4 is 0 Å². The van der Waals surface area contributed by atoms with Gasteiger partial charge < -0.3 is 10.0 Å². The lowest BCUT2D eigenvalue weighted by molar-refractivity contribution is -0.129. The van der Waals surface area contributed by atoms with Crippen LogP contribution in [0.25, 0.3) is 0 Å². The number of hydrogen-bond donors (Lipinski definition) is 1. The smallest absolute Gasteiger partial charge is 0.232 e. The highest BCUT2D eigenvalue weighted by atomic mass is 32.2. The van der Waals surface area contributed by atoms with E-state index in [0.29, 0.717) is 5.75 Å². The molecule has 0 unspecified atom stereocenters. The lowest BCUT2D eigenvalue weighted by Crippen LogP contribution is -2.36. The molecule has 0 spiro atoms. The highest BCUT2D eigenvalue weighted by Crippen LogP contribution is 2.24. The zero-order chi connectivity index (χ0) is 12.1. The maximum atomic E-state index is 11.9. The number of hydrogen-bond acceptors (Lipinski definition) is 4. The largest absolute Gasteiger partial charge is 0.396 e. The summed E-state index contributed by atoms with van der Waals surface area (Å²) in [4.78, 5) is 15.3. The number of fused-ring (bicyclic) bond motifs is 1. The fourth-order valence-electron chi connectivity index (χ4n) is 1.88. The van der Waals surface area contributed by atoms with E-state index < -0.39 is 0 Å². The zero-order valence-corrected chi connectivity index (χ0v) is 11.4. The van der Waals surface area contributed by atoms with Crippen molar-refractivity contribution in [2.45, 2.75) is 19.4 Å². The van der Waals surface area contributed by atoms with Crippen LogP contribution in [-0.2, 0) is 17.8 Å². The van der Waals surface area contributed by atoms with Crippen molar-refractivity contribution in [3.63, 3.8) is 0 Å². The summed E-state index contributed by atoms with van der Waals surface area (Å²) in [5.74, 6) is 1.63. The summed E-state index contributed by atoms with van der Waals surface area (Å²) in [6.45, 7) is 1.84. The van der Waals surface area contributed by atoms with Crippen LogP contribution in [0.4, 0.5) is 0 Å². The van der Waals surface area contributed by atoms with E-state index in [-0.39, 0.29) is 12.5 Å². The quantitative estimate of drug-likeness (QED) is 0.830. The van der Waals surface area contributed by atoms with E-state index in [1.807, 2.05) is 4.90 Å². The van der Waals surface area contributed by atoms with Gasteiger partial charge in [0.15, 0.2) is 0 Å². The molecule has 1 aliphatic rings. The molecule has 0 fully saturated rings. The van der Waals surface area contributed by atoms with E-state index in [4.69, 9.17) is 5.11 Å². The first-order valence-corrected chi connectivity index (χ1v) is 7.86. The van der Waals surface area contributed by atoms with Crippen molar-refractivity contribution in [2.75, 3.05) is 24.7 Å². The fourth-order valence-corrected chi connectivity index (χ4v) is 3.60. The number of carbonyl (C=O) groups is 1. The summed E-state index contributed by atoms with van der Waals surface area (Å²) in [6.07, 6.45) is 1.77. The minimum Gasteiger partial charge on any atom is -0.396 e. The Kier molecular flexibility index (Phi) is 4.88.